The molecule has 0 aromatic heterocycles. The van der Waals surface area contributed by atoms with Crippen LogP contribution in [-0.2, 0) is 11.3 Å². The van der Waals surface area contributed by atoms with Crippen molar-refractivity contribution in [1.82, 2.24) is 14.7 Å². The van der Waals surface area contributed by atoms with Crippen LogP contribution in [-0.4, -0.2) is 65.9 Å². The fourth-order valence-corrected chi connectivity index (χ4v) is 5.01. The fraction of sp³-hybridized carbons (Fsp3) is 0.696. The normalized spacial score (nSPS) is 25.0. The van der Waals surface area contributed by atoms with E-state index in [9.17, 15) is 4.79 Å². The van der Waals surface area contributed by atoms with Crippen molar-refractivity contribution in [1.29, 1.82) is 0 Å². The minimum atomic E-state index is 0.175. The van der Waals surface area contributed by atoms with Crippen LogP contribution in [0.1, 0.15) is 44.6 Å². The lowest BCUT2D eigenvalue weighted by atomic mass is 10.1. The summed E-state index contributed by atoms with van der Waals surface area (Å²) >= 11 is 0. The van der Waals surface area contributed by atoms with Crippen molar-refractivity contribution >= 4 is 5.91 Å². The largest absolute Gasteiger partial charge is 0.341 e. The molecule has 2 atom stereocenters. The van der Waals surface area contributed by atoms with Gasteiger partial charge in [0.05, 0.1) is 6.04 Å². The number of hydrogen-bond acceptors (Lipinski definition) is 3. The van der Waals surface area contributed by atoms with Gasteiger partial charge in [-0.1, -0.05) is 30.3 Å². The van der Waals surface area contributed by atoms with Crippen molar-refractivity contribution in [2.45, 2.75) is 51.6 Å². The minimum absolute atomic E-state index is 0.175. The molecule has 1 saturated carbocycles. The van der Waals surface area contributed by atoms with Gasteiger partial charge in [0.1, 0.15) is 0 Å². The number of amides is 1. The van der Waals surface area contributed by atoms with Gasteiger partial charge < -0.3 is 4.90 Å². The van der Waals surface area contributed by atoms with E-state index >= 15 is 0 Å². The second-order valence-corrected chi connectivity index (χ2v) is 8.78. The molecule has 0 unspecified atom stereocenters. The number of carbonyl (C=O) groups is 1. The van der Waals surface area contributed by atoms with Crippen molar-refractivity contribution < 1.29 is 4.79 Å². The third-order valence-corrected chi connectivity index (χ3v) is 6.65. The molecule has 0 spiro atoms. The Morgan fingerprint density at radius 2 is 1.85 bits per heavy atom. The third-order valence-electron chi connectivity index (χ3n) is 6.65. The molecule has 1 aromatic rings. The Morgan fingerprint density at radius 3 is 2.52 bits per heavy atom. The molecule has 2 heterocycles. The minimum Gasteiger partial charge on any atom is -0.341 e. The lowest BCUT2D eigenvalue weighted by molar-refractivity contribution is -0.137. The summed E-state index contributed by atoms with van der Waals surface area (Å²) in [6.07, 6.45) is 6.24. The van der Waals surface area contributed by atoms with Crippen LogP contribution in [0.4, 0.5) is 0 Å². The van der Waals surface area contributed by atoms with Gasteiger partial charge in [0.2, 0.25) is 5.91 Å². The maximum atomic E-state index is 13.4. The summed E-state index contributed by atoms with van der Waals surface area (Å²) < 4.78 is 0. The van der Waals surface area contributed by atoms with Crippen LogP contribution in [0, 0.1) is 11.8 Å². The summed E-state index contributed by atoms with van der Waals surface area (Å²) in [5.41, 5.74) is 1.39. The van der Waals surface area contributed by atoms with Gasteiger partial charge in [-0.25, -0.2) is 0 Å². The Kier molecular flexibility index (Phi) is 6.14. The second kappa shape index (κ2) is 8.74. The number of nitrogens with zero attached hydrogens (tertiary/aromatic N) is 3. The number of rotatable bonds is 8. The quantitative estimate of drug-likeness (QED) is 0.704. The second-order valence-electron chi connectivity index (χ2n) is 8.78. The molecule has 4 rings (SSSR count). The van der Waals surface area contributed by atoms with Crippen LogP contribution in [0.2, 0.25) is 0 Å². The van der Waals surface area contributed by atoms with Crippen molar-refractivity contribution in [3.05, 3.63) is 35.9 Å². The van der Waals surface area contributed by atoms with E-state index in [2.05, 4.69) is 52.0 Å². The van der Waals surface area contributed by atoms with E-state index in [0.29, 0.717) is 17.7 Å². The monoisotopic (exact) mass is 369 g/mol. The zero-order valence-electron chi connectivity index (χ0n) is 16.9. The van der Waals surface area contributed by atoms with Crippen LogP contribution in [0.3, 0.4) is 0 Å². The number of benzene rings is 1. The molecule has 148 valence electrons. The molecule has 27 heavy (non-hydrogen) atoms. The SMILES string of the molecule is CCN(C[C@H]1CCN(Cc2ccccc2)C1)C(=O)[C@H](C1CC1)N1CCCC1. The van der Waals surface area contributed by atoms with Gasteiger partial charge in [-0.3, -0.25) is 14.6 Å². The van der Waals surface area contributed by atoms with Gasteiger partial charge in [0.25, 0.3) is 0 Å². The molecule has 0 bridgehead atoms. The first-order chi connectivity index (χ1) is 13.2. The summed E-state index contributed by atoms with van der Waals surface area (Å²) in [6.45, 7) is 9.51. The Labute approximate surface area is 164 Å². The van der Waals surface area contributed by atoms with Crippen molar-refractivity contribution in [3.8, 4) is 0 Å². The predicted octanol–water partition coefficient (Wildman–Crippen LogP) is 3.23. The molecule has 3 aliphatic rings. The lowest BCUT2D eigenvalue weighted by Gasteiger charge is -2.33. The van der Waals surface area contributed by atoms with Crippen LogP contribution in [0.5, 0.6) is 0 Å². The molecule has 4 heteroatoms. The van der Waals surface area contributed by atoms with Crippen LogP contribution >= 0.6 is 0 Å². The van der Waals surface area contributed by atoms with Gasteiger partial charge in [-0.2, -0.15) is 0 Å². The summed E-state index contributed by atoms with van der Waals surface area (Å²) in [4.78, 5) is 20.6. The maximum absolute atomic E-state index is 13.4. The van der Waals surface area contributed by atoms with Crippen LogP contribution < -0.4 is 0 Å². The first-order valence-corrected chi connectivity index (χ1v) is 11.0. The van der Waals surface area contributed by atoms with E-state index < -0.39 is 0 Å². The molecular formula is C23H35N3O. The van der Waals surface area contributed by atoms with E-state index in [-0.39, 0.29) is 6.04 Å². The van der Waals surface area contributed by atoms with E-state index in [0.717, 1.165) is 45.8 Å². The third kappa shape index (κ3) is 4.72. The van der Waals surface area contributed by atoms with Crippen LogP contribution in [0.25, 0.3) is 0 Å². The van der Waals surface area contributed by atoms with Crippen molar-refractivity contribution in [2.24, 2.45) is 11.8 Å². The highest BCUT2D eigenvalue weighted by Crippen LogP contribution is 2.37. The van der Waals surface area contributed by atoms with Crippen LogP contribution in [0.15, 0.2) is 30.3 Å². The smallest absolute Gasteiger partial charge is 0.240 e. The molecule has 0 N–H and O–H groups in total. The van der Waals surface area contributed by atoms with Gasteiger partial charge in [-0.15, -0.1) is 0 Å². The standard InChI is InChI=1S/C23H35N3O/c1-2-25(23(27)22(21-10-11-21)26-13-6-7-14-26)18-20-12-15-24(17-20)16-19-8-4-3-5-9-19/h3-5,8-9,20-22H,2,6-7,10-18H2,1H3/t20-,22-/m0/s1. The molecule has 1 aliphatic carbocycles. The summed E-state index contributed by atoms with van der Waals surface area (Å²) in [6, 6.07) is 10.9. The molecular weight excluding hydrogens is 334 g/mol. The average Bonchev–Trinajstić information content (AvgIpc) is 3.18. The molecule has 1 amide bonds. The lowest BCUT2D eigenvalue weighted by Crippen LogP contribution is -2.50. The summed E-state index contributed by atoms with van der Waals surface area (Å²) in [5.74, 6) is 1.67. The molecule has 1 aromatic carbocycles. The highest BCUT2D eigenvalue weighted by atomic mass is 16.2. The van der Waals surface area contributed by atoms with Gasteiger partial charge in [-0.05, 0) is 76.1 Å². The number of likely N-dealkylation sites (tertiary alicyclic amines) is 2. The molecule has 0 radical (unpaired) electrons. The highest BCUT2D eigenvalue weighted by molar-refractivity contribution is 5.82. The Balaban J connectivity index is 1.32. The van der Waals surface area contributed by atoms with Crippen molar-refractivity contribution in [3.63, 3.8) is 0 Å². The van der Waals surface area contributed by atoms with Gasteiger partial charge in [0.15, 0.2) is 0 Å². The Bertz CT molecular complexity index is 609. The molecule has 2 saturated heterocycles. The first-order valence-electron chi connectivity index (χ1n) is 11.0. The number of hydrogen-bond donors (Lipinski definition) is 0. The van der Waals surface area contributed by atoms with Gasteiger partial charge in [0, 0.05) is 26.2 Å². The Morgan fingerprint density at radius 1 is 1.11 bits per heavy atom. The number of carbonyl (C=O) groups excluding carboxylic acids is 1. The van der Waals surface area contributed by atoms with Crippen molar-refractivity contribution in [2.75, 3.05) is 39.3 Å². The summed E-state index contributed by atoms with van der Waals surface area (Å²) in [7, 11) is 0. The van der Waals surface area contributed by atoms with E-state index in [1.54, 1.807) is 0 Å². The topological polar surface area (TPSA) is 26.8 Å². The number of likely N-dealkylation sites (N-methyl/N-ethyl adjacent to an activating group) is 1. The maximum Gasteiger partial charge on any atom is 0.240 e. The molecule has 4 nitrogen and oxygen atoms in total. The zero-order chi connectivity index (χ0) is 18.6. The predicted molar refractivity (Wildman–Crippen MR) is 109 cm³/mol. The van der Waals surface area contributed by atoms with E-state index in [1.807, 2.05) is 0 Å². The molecule has 3 fully saturated rings. The zero-order valence-corrected chi connectivity index (χ0v) is 16.9. The Hall–Kier alpha value is -1.39. The van der Waals surface area contributed by atoms with Gasteiger partial charge >= 0.3 is 0 Å². The van der Waals surface area contributed by atoms with E-state index in [4.69, 9.17) is 0 Å². The van der Waals surface area contributed by atoms with E-state index in [1.165, 1.54) is 37.7 Å². The average molecular weight is 370 g/mol. The summed E-state index contributed by atoms with van der Waals surface area (Å²) in [5, 5.41) is 0. The fourth-order valence-electron chi connectivity index (χ4n) is 5.01. The first kappa shape index (κ1) is 18.9. The molecule has 2 aliphatic heterocycles. The highest BCUT2D eigenvalue weighted by Gasteiger charge is 2.42.